The van der Waals surface area contributed by atoms with Gasteiger partial charge in [0.05, 0.1) is 27.0 Å². The number of rotatable bonds is 8. The third-order valence-corrected chi connectivity index (χ3v) is 4.62. The highest BCUT2D eigenvalue weighted by atomic mass is 16.5. The maximum Gasteiger partial charge on any atom is 0.252 e. The Morgan fingerprint density at radius 2 is 1.52 bits per heavy atom. The Morgan fingerprint density at radius 3 is 2.06 bits per heavy atom. The molecule has 0 radical (unpaired) electrons. The van der Waals surface area contributed by atoms with Gasteiger partial charge in [-0.3, -0.25) is 4.79 Å². The number of aromatic nitrogens is 4. The fourth-order valence-electron chi connectivity index (χ4n) is 3.29. The van der Waals surface area contributed by atoms with Gasteiger partial charge in [0.2, 0.25) is 11.7 Å². The maximum atomic E-state index is 12.7. The van der Waals surface area contributed by atoms with E-state index in [1.807, 2.05) is 39.0 Å². The van der Waals surface area contributed by atoms with Gasteiger partial charge in [-0.2, -0.15) is 9.78 Å². The van der Waals surface area contributed by atoms with Gasteiger partial charge < -0.3 is 19.5 Å². The molecule has 2 heterocycles. The number of anilines is 1. The van der Waals surface area contributed by atoms with Crippen molar-refractivity contribution in [1.29, 1.82) is 0 Å². The fourth-order valence-corrected chi connectivity index (χ4v) is 3.29. The molecule has 2 aromatic heterocycles. The molecular weight excluding hydrogens is 398 g/mol. The van der Waals surface area contributed by atoms with E-state index >= 15 is 0 Å². The van der Waals surface area contributed by atoms with Crippen molar-refractivity contribution in [3.8, 4) is 23.2 Å². The van der Waals surface area contributed by atoms with Crippen LogP contribution in [0.2, 0.25) is 0 Å². The molecule has 0 aliphatic heterocycles. The predicted octanol–water partition coefficient (Wildman–Crippen LogP) is 3.18. The van der Waals surface area contributed by atoms with Crippen LogP contribution in [0.25, 0.3) is 5.95 Å². The molecular formula is C22H27N5O4. The maximum absolute atomic E-state index is 12.7. The number of ether oxygens (including phenoxy) is 3. The number of hydrogen-bond donors (Lipinski definition) is 1. The standard InChI is InChI=1S/C22H27N5O4/c1-13-9-14(2)24-22(23-13)27-19(10-15(3)26-27)25-20(28)8-7-16-11-17(29-4)21(31-6)18(12-16)30-5/h9-12H,7-8H2,1-6H3,(H,25,28). The van der Waals surface area contributed by atoms with E-state index in [-0.39, 0.29) is 12.3 Å². The Morgan fingerprint density at radius 1 is 0.903 bits per heavy atom. The molecule has 0 saturated heterocycles. The van der Waals surface area contributed by atoms with E-state index in [0.717, 1.165) is 22.6 Å². The molecule has 0 spiro atoms. The molecule has 0 fully saturated rings. The third-order valence-electron chi connectivity index (χ3n) is 4.62. The Kier molecular flexibility index (Phi) is 6.74. The first-order valence-electron chi connectivity index (χ1n) is 9.82. The van der Waals surface area contributed by atoms with Crippen LogP contribution in [-0.4, -0.2) is 47.0 Å². The van der Waals surface area contributed by atoms with Gasteiger partial charge in [-0.1, -0.05) is 0 Å². The van der Waals surface area contributed by atoms with Gasteiger partial charge in [-0.05, 0) is 51.0 Å². The molecule has 1 amide bonds. The van der Waals surface area contributed by atoms with Gasteiger partial charge in [-0.25, -0.2) is 9.97 Å². The number of hydrogen-bond acceptors (Lipinski definition) is 7. The molecule has 0 aliphatic carbocycles. The third kappa shape index (κ3) is 5.11. The van der Waals surface area contributed by atoms with E-state index < -0.39 is 0 Å². The van der Waals surface area contributed by atoms with Crippen LogP contribution in [0.3, 0.4) is 0 Å². The van der Waals surface area contributed by atoms with E-state index in [4.69, 9.17) is 14.2 Å². The number of nitrogens with one attached hydrogen (secondary N) is 1. The molecule has 9 heteroatoms. The number of aryl methyl sites for hydroxylation is 4. The Balaban J connectivity index is 1.75. The molecule has 3 aromatic rings. The fraction of sp³-hybridized carbons (Fsp3) is 0.364. The van der Waals surface area contributed by atoms with Crippen LogP contribution >= 0.6 is 0 Å². The van der Waals surface area contributed by atoms with Crippen LogP contribution in [0.15, 0.2) is 24.3 Å². The summed E-state index contributed by atoms with van der Waals surface area (Å²) >= 11 is 0. The van der Waals surface area contributed by atoms with E-state index in [2.05, 4.69) is 20.4 Å². The number of amides is 1. The van der Waals surface area contributed by atoms with Gasteiger partial charge in [-0.15, -0.1) is 0 Å². The number of methoxy groups -OCH3 is 3. The molecule has 31 heavy (non-hydrogen) atoms. The highest BCUT2D eigenvalue weighted by Gasteiger charge is 2.16. The summed E-state index contributed by atoms with van der Waals surface area (Å²) in [4.78, 5) is 21.5. The normalized spacial score (nSPS) is 10.6. The first-order chi connectivity index (χ1) is 14.8. The lowest BCUT2D eigenvalue weighted by Crippen LogP contribution is -2.17. The zero-order chi connectivity index (χ0) is 22.5. The summed E-state index contributed by atoms with van der Waals surface area (Å²) < 4.78 is 17.6. The van der Waals surface area contributed by atoms with Crippen LogP contribution < -0.4 is 19.5 Å². The second-order valence-corrected chi connectivity index (χ2v) is 7.12. The van der Waals surface area contributed by atoms with Crippen molar-refractivity contribution in [3.05, 3.63) is 46.9 Å². The molecule has 0 atom stereocenters. The minimum absolute atomic E-state index is 0.153. The SMILES string of the molecule is COc1cc(CCC(=O)Nc2cc(C)nn2-c2nc(C)cc(C)n2)cc(OC)c1OC. The van der Waals surface area contributed by atoms with Crippen molar-refractivity contribution in [2.45, 2.75) is 33.6 Å². The minimum atomic E-state index is -0.153. The van der Waals surface area contributed by atoms with Crippen molar-refractivity contribution in [3.63, 3.8) is 0 Å². The Labute approximate surface area is 181 Å². The molecule has 0 bridgehead atoms. The van der Waals surface area contributed by atoms with Gasteiger partial charge in [0, 0.05) is 23.9 Å². The molecule has 0 saturated carbocycles. The van der Waals surface area contributed by atoms with Crippen molar-refractivity contribution < 1.29 is 19.0 Å². The summed E-state index contributed by atoms with van der Waals surface area (Å²) in [6.45, 7) is 5.64. The smallest absolute Gasteiger partial charge is 0.252 e. The lowest BCUT2D eigenvalue weighted by atomic mass is 10.1. The lowest BCUT2D eigenvalue weighted by Gasteiger charge is -2.14. The zero-order valence-corrected chi connectivity index (χ0v) is 18.6. The molecule has 1 aromatic carbocycles. The van der Waals surface area contributed by atoms with Crippen LogP contribution in [-0.2, 0) is 11.2 Å². The average molecular weight is 425 g/mol. The summed E-state index contributed by atoms with van der Waals surface area (Å²) in [6.07, 6.45) is 0.756. The highest BCUT2D eigenvalue weighted by molar-refractivity contribution is 5.90. The molecule has 0 unspecified atom stereocenters. The number of nitrogens with zero attached hydrogens (tertiary/aromatic N) is 4. The number of benzene rings is 1. The summed E-state index contributed by atoms with van der Waals surface area (Å²) in [5.74, 6) is 2.42. The van der Waals surface area contributed by atoms with Gasteiger partial charge >= 0.3 is 0 Å². The quantitative estimate of drug-likeness (QED) is 0.591. The van der Waals surface area contributed by atoms with Crippen LogP contribution in [0.5, 0.6) is 17.2 Å². The summed E-state index contributed by atoms with van der Waals surface area (Å²) in [6, 6.07) is 7.35. The van der Waals surface area contributed by atoms with Crippen molar-refractivity contribution in [2.75, 3.05) is 26.6 Å². The van der Waals surface area contributed by atoms with Gasteiger partial charge in [0.1, 0.15) is 5.82 Å². The summed E-state index contributed by atoms with van der Waals surface area (Å²) in [5, 5.41) is 7.34. The minimum Gasteiger partial charge on any atom is -0.493 e. The second kappa shape index (κ2) is 9.46. The molecule has 3 rings (SSSR count). The highest BCUT2D eigenvalue weighted by Crippen LogP contribution is 2.38. The van der Waals surface area contributed by atoms with E-state index in [1.54, 1.807) is 32.1 Å². The molecule has 164 valence electrons. The monoisotopic (exact) mass is 425 g/mol. The number of carbonyl (C=O) groups excluding carboxylic acids is 1. The topological polar surface area (TPSA) is 100 Å². The van der Waals surface area contributed by atoms with Crippen molar-refractivity contribution >= 4 is 11.7 Å². The molecule has 1 N–H and O–H groups in total. The van der Waals surface area contributed by atoms with Crippen LogP contribution in [0.4, 0.5) is 5.82 Å². The summed E-state index contributed by atoms with van der Waals surface area (Å²) in [5.41, 5.74) is 3.31. The van der Waals surface area contributed by atoms with Gasteiger partial charge in [0.15, 0.2) is 11.5 Å². The second-order valence-electron chi connectivity index (χ2n) is 7.12. The molecule has 0 aliphatic rings. The first kappa shape index (κ1) is 22.1. The predicted molar refractivity (Wildman–Crippen MR) is 116 cm³/mol. The number of carbonyl (C=O) groups is 1. The van der Waals surface area contributed by atoms with E-state index in [1.165, 1.54) is 0 Å². The van der Waals surface area contributed by atoms with Crippen LogP contribution in [0.1, 0.15) is 29.1 Å². The first-order valence-corrected chi connectivity index (χ1v) is 9.82. The van der Waals surface area contributed by atoms with Crippen molar-refractivity contribution in [2.24, 2.45) is 0 Å². The van der Waals surface area contributed by atoms with E-state index in [9.17, 15) is 4.79 Å². The largest absolute Gasteiger partial charge is 0.493 e. The Bertz CT molecular complexity index is 1050. The van der Waals surface area contributed by atoms with E-state index in [0.29, 0.717) is 35.4 Å². The zero-order valence-electron chi connectivity index (χ0n) is 18.6. The average Bonchev–Trinajstić information content (AvgIpc) is 3.10. The summed E-state index contributed by atoms with van der Waals surface area (Å²) in [7, 11) is 4.68. The Hall–Kier alpha value is -3.62. The van der Waals surface area contributed by atoms with Crippen LogP contribution in [0, 0.1) is 20.8 Å². The molecule has 9 nitrogen and oxygen atoms in total. The lowest BCUT2D eigenvalue weighted by molar-refractivity contribution is -0.116. The van der Waals surface area contributed by atoms with Gasteiger partial charge in [0.25, 0.3) is 5.95 Å². The van der Waals surface area contributed by atoms with Crippen molar-refractivity contribution in [1.82, 2.24) is 19.7 Å².